The summed E-state index contributed by atoms with van der Waals surface area (Å²) in [4.78, 5) is 24.7. The number of benzene rings is 3. The van der Waals surface area contributed by atoms with E-state index in [0.717, 1.165) is 12.1 Å². The summed E-state index contributed by atoms with van der Waals surface area (Å²) in [5.41, 5.74) is -1.63. The molecule has 6 nitrogen and oxygen atoms in total. The number of carboxylic acid groups (broad SMARTS) is 1. The number of hydrogen-bond donors (Lipinski definition) is 2. The van der Waals surface area contributed by atoms with E-state index in [9.17, 15) is 41.0 Å². The molecule has 4 aromatic rings. The second-order valence-electron chi connectivity index (χ2n) is 8.63. The van der Waals surface area contributed by atoms with Crippen LogP contribution in [0.5, 0.6) is 0 Å². The number of rotatable bonds is 7. The molecule has 208 valence electrons. The molecule has 0 aliphatic carbocycles. The van der Waals surface area contributed by atoms with Gasteiger partial charge in [0.1, 0.15) is 6.04 Å². The number of nitrogens with one attached hydrogen (secondary N) is 1. The lowest BCUT2D eigenvalue weighted by molar-refractivity contribution is -0.143. The number of nitrogens with zero attached hydrogens (tertiary/aromatic N) is 2. The lowest BCUT2D eigenvalue weighted by Crippen LogP contribution is -2.42. The summed E-state index contributed by atoms with van der Waals surface area (Å²) in [6, 6.07) is 14.2. The Bertz CT molecular complexity index is 1510. The standard InChI is InChI=1S/C27H18ClF6N3O3/c28-19-9-11-20(12-10-19)37-23(27(32,33)34)21(14-35-37)24(38)36-22(25(39)40)13-15-1-3-16(4-2-15)17-5-7-18(8-6-17)26(29,30)31/h1-12,14,22H,13H2,(H,36,38)(H,39,40). The molecular weight excluding hydrogens is 564 g/mol. The van der Waals surface area contributed by atoms with Crippen LogP contribution >= 0.6 is 11.6 Å². The fraction of sp³-hybridized carbons (Fsp3) is 0.148. The second kappa shape index (κ2) is 11.0. The number of alkyl halides is 6. The number of carboxylic acids is 1. The molecule has 1 atom stereocenters. The van der Waals surface area contributed by atoms with Crippen molar-refractivity contribution < 1.29 is 41.0 Å². The molecule has 0 bridgehead atoms. The van der Waals surface area contributed by atoms with Crippen molar-refractivity contribution in [3.63, 3.8) is 0 Å². The van der Waals surface area contributed by atoms with Crippen LogP contribution in [0.25, 0.3) is 16.8 Å². The van der Waals surface area contributed by atoms with Crippen LogP contribution in [-0.2, 0) is 23.6 Å². The normalized spacial score (nSPS) is 12.7. The van der Waals surface area contributed by atoms with Crippen molar-refractivity contribution in [3.8, 4) is 16.8 Å². The van der Waals surface area contributed by atoms with Gasteiger partial charge >= 0.3 is 18.3 Å². The lowest BCUT2D eigenvalue weighted by Gasteiger charge is -2.16. The van der Waals surface area contributed by atoms with E-state index >= 15 is 0 Å². The Kier molecular flexibility index (Phi) is 7.92. The SMILES string of the molecule is O=C(NC(Cc1ccc(-c2ccc(C(F)(F)F)cc2)cc1)C(=O)O)c1cnn(-c2ccc(Cl)cc2)c1C(F)(F)F. The van der Waals surface area contributed by atoms with E-state index in [1.165, 1.54) is 48.5 Å². The molecule has 1 aromatic heterocycles. The number of halogens is 7. The third kappa shape index (κ3) is 6.45. The van der Waals surface area contributed by atoms with Gasteiger partial charge in [0.05, 0.1) is 23.0 Å². The Morgan fingerprint density at radius 2 is 1.40 bits per heavy atom. The van der Waals surface area contributed by atoms with Crippen molar-refractivity contribution in [2.75, 3.05) is 0 Å². The number of aliphatic carboxylic acids is 1. The smallest absolute Gasteiger partial charge is 0.434 e. The minimum absolute atomic E-state index is 0.0151. The zero-order chi connectivity index (χ0) is 29.2. The van der Waals surface area contributed by atoms with Crippen molar-refractivity contribution in [2.45, 2.75) is 24.8 Å². The summed E-state index contributed by atoms with van der Waals surface area (Å²) in [5.74, 6) is -2.78. The Labute approximate surface area is 227 Å². The first-order chi connectivity index (χ1) is 18.7. The largest absolute Gasteiger partial charge is 0.480 e. The van der Waals surface area contributed by atoms with E-state index in [0.29, 0.717) is 27.6 Å². The molecule has 2 N–H and O–H groups in total. The average molecular weight is 582 g/mol. The second-order valence-corrected chi connectivity index (χ2v) is 9.07. The Hall–Kier alpha value is -4.32. The Morgan fingerprint density at radius 1 is 0.850 bits per heavy atom. The van der Waals surface area contributed by atoms with Crippen LogP contribution in [0.4, 0.5) is 26.3 Å². The predicted octanol–water partition coefficient (Wildman–Crippen LogP) is 6.66. The van der Waals surface area contributed by atoms with Gasteiger partial charge in [0.25, 0.3) is 5.91 Å². The van der Waals surface area contributed by atoms with Crippen molar-refractivity contribution in [1.29, 1.82) is 0 Å². The first-order valence-corrected chi connectivity index (χ1v) is 11.8. The zero-order valence-electron chi connectivity index (χ0n) is 20.1. The van der Waals surface area contributed by atoms with Crippen LogP contribution in [-0.4, -0.2) is 32.8 Å². The number of hydrogen-bond acceptors (Lipinski definition) is 3. The third-order valence-electron chi connectivity index (χ3n) is 5.90. The Balaban J connectivity index is 1.53. The number of amides is 1. The third-order valence-corrected chi connectivity index (χ3v) is 6.15. The summed E-state index contributed by atoms with van der Waals surface area (Å²) in [7, 11) is 0. The molecular formula is C27H18ClF6N3O3. The lowest BCUT2D eigenvalue weighted by atomic mass is 9.99. The summed E-state index contributed by atoms with van der Waals surface area (Å²) < 4.78 is 80.7. The van der Waals surface area contributed by atoms with Gasteiger partial charge in [-0.15, -0.1) is 0 Å². The maximum absolute atomic E-state index is 13.9. The number of carbonyl (C=O) groups is 2. The molecule has 0 aliphatic heterocycles. The molecule has 0 spiro atoms. The highest BCUT2D eigenvalue weighted by Gasteiger charge is 2.41. The fourth-order valence-electron chi connectivity index (χ4n) is 3.92. The van der Waals surface area contributed by atoms with Gasteiger partial charge in [-0.05, 0) is 53.1 Å². The fourth-order valence-corrected chi connectivity index (χ4v) is 4.05. The van der Waals surface area contributed by atoms with E-state index in [-0.39, 0.29) is 17.1 Å². The number of aromatic nitrogens is 2. The van der Waals surface area contributed by atoms with Gasteiger partial charge in [0.2, 0.25) is 0 Å². The highest BCUT2D eigenvalue weighted by molar-refractivity contribution is 6.30. The van der Waals surface area contributed by atoms with E-state index in [1.807, 2.05) is 0 Å². The van der Waals surface area contributed by atoms with Gasteiger partial charge in [0.15, 0.2) is 5.69 Å². The average Bonchev–Trinajstić information content (AvgIpc) is 3.35. The van der Waals surface area contributed by atoms with Crippen LogP contribution in [0.3, 0.4) is 0 Å². The quantitative estimate of drug-likeness (QED) is 0.239. The molecule has 0 aliphatic rings. The van der Waals surface area contributed by atoms with Gasteiger partial charge < -0.3 is 10.4 Å². The van der Waals surface area contributed by atoms with E-state index in [2.05, 4.69) is 10.4 Å². The molecule has 0 fully saturated rings. The topological polar surface area (TPSA) is 84.2 Å². The van der Waals surface area contributed by atoms with E-state index in [1.54, 1.807) is 12.1 Å². The monoisotopic (exact) mass is 581 g/mol. The molecule has 13 heteroatoms. The van der Waals surface area contributed by atoms with Crippen LogP contribution in [0, 0.1) is 0 Å². The van der Waals surface area contributed by atoms with Gasteiger partial charge in [-0.25, -0.2) is 9.48 Å². The first-order valence-electron chi connectivity index (χ1n) is 11.5. The molecule has 4 rings (SSSR count). The minimum atomic E-state index is -5.00. The van der Waals surface area contributed by atoms with Crippen molar-refractivity contribution in [1.82, 2.24) is 15.1 Å². The highest BCUT2D eigenvalue weighted by atomic mass is 35.5. The van der Waals surface area contributed by atoms with Crippen LogP contribution in [0.2, 0.25) is 5.02 Å². The van der Waals surface area contributed by atoms with Gasteiger partial charge in [-0.1, -0.05) is 48.0 Å². The number of carbonyl (C=O) groups excluding carboxylic acids is 1. The molecule has 1 heterocycles. The molecule has 3 aromatic carbocycles. The maximum Gasteiger partial charge on any atom is 0.434 e. The molecule has 1 unspecified atom stereocenters. The maximum atomic E-state index is 13.9. The van der Waals surface area contributed by atoms with Crippen molar-refractivity contribution >= 4 is 23.5 Å². The summed E-state index contributed by atoms with van der Waals surface area (Å²) in [6.45, 7) is 0. The first kappa shape index (κ1) is 28.7. The Morgan fingerprint density at radius 3 is 1.90 bits per heavy atom. The summed E-state index contributed by atoms with van der Waals surface area (Å²) in [6.07, 6.45) is -9.06. The van der Waals surface area contributed by atoms with Crippen molar-refractivity contribution in [2.24, 2.45) is 0 Å². The van der Waals surface area contributed by atoms with E-state index in [4.69, 9.17) is 11.6 Å². The molecule has 0 radical (unpaired) electrons. The van der Waals surface area contributed by atoms with Gasteiger partial charge in [0, 0.05) is 11.4 Å². The molecule has 0 saturated heterocycles. The summed E-state index contributed by atoms with van der Waals surface area (Å²) in [5, 5.41) is 15.7. The molecule has 0 saturated carbocycles. The van der Waals surface area contributed by atoms with Crippen LogP contribution in [0.15, 0.2) is 79.0 Å². The highest BCUT2D eigenvalue weighted by Crippen LogP contribution is 2.34. The minimum Gasteiger partial charge on any atom is -0.480 e. The van der Waals surface area contributed by atoms with Gasteiger partial charge in [-0.2, -0.15) is 31.4 Å². The van der Waals surface area contributed by atoms with Gasteiger partial charge in [-0.3, -0.25) is 4.79 Å². The predicted molar refractivity (Wildman–Crippen MR) is 133 cm³/mol. The summed E-state index contributed by atoms with van der Waals surface area (Å²) >= 11 is 5.79. The van der Waals surface area contributed by atoms with Crippen molar-refractivity contribution in [3.05, 3.63) is 106 Å². The zero-order valence-corrected chi connectivity index (χ0v) is 20.8. The van der Waals surface area contributed by atoms with Crippen LogP contribution in [0.1, 0.15) is 27.2 Å². The van der Waals surface area contributed by atoms with E-state index < -0.39 is 47.1 Å². The molecule has 1 amide bonds. The molecule has 40 heavy (non-hydrogen) atoms. The van der Waals surface area contributed by atoms with Crippen LogP contribution < -0.4 is 5.32 Å².